The van der Waals surface area contributed by atoms with Crippen LogP contribution in [-0.4, -0.2) is 17.0 Å². The van der Waals surface area contributed by atoms with Crippen molar-refractivity contribution in [2.75, 3.05) is 7.05 Å². The normalized spacial score (nSPS) is 17.7. The molecule has 0 atom stereocenters. The first kappa shape index (κ1) is 29.3. The van der Waals surface area contributed by atoms with Gasteiger partial charge in [-0.1, -0.05) is 11.6 Å². The molecule has 0 saturated carbocycles. The van der Waals surface area contributed by atoms with Crippen LogP contribution in [0.3, 0.4) is 0 Å². The van der Waals surface area contributed by atoms with Gasteiger partial charge in [-0.25, -0.2) is 4.99 Å². The summed E-state index contributed by atoms with van der Waals surface area (Å²) in [5, 5.41) is -3.24. The van der Waals surface area contributed by atoms with Crippen molar-refractivity contribution >= 4 is 166 Å². The zero-order valence-electron chi connectivity index (χ0n) is 10.1. The van der Waals surface area contributed by atoms with Crippen LogP contribution in [0.15, 0.2) is 16.0 Å². The van der Waals surface area contributed by atoms with Crippen LogP contribution in [0.5, 0.6) is 0 Å². The predicted molar refractivity (Wildman–Crippen MR) is 121 cm³/mol. The summed E-state index contributed by atoms with van der Waals surface area (Å²) in [6.07, 6.45) is 0. The average molecular weight is 650 g/mol. The van der Waals surface area contributed by atoms with Gasteiger partial charge in [-0.3, -0.25) is 9.24 Å². The molecule has 0 bridgehead atoms. The number of aliphatic imine (C=N–C) groups is 1. The molecule has 0 aromatic carbocycles. The third kappa shape index (κ3) is 28.4. The number of hydrogen-bond donors (Lipinski definition) is 0. The van der Waals surface area contributed by atoms with Gasteiger partial charge in [0.05, 0.1) is 0 Å². The first-order valence-electron chi connectivity index (χ1n) is 4.28. The molecular formula is C4H4Cl13N2OP3. The Kier molecular flexibility index (Phi) is 11.8. The average Bonchev–Trinajstić information content (AvgIpc) is 2.05. The van der Waals surface area contributed by atoms with Gasteiger partial charge in [0.2, 0.25) is 5.29 Å². The molecule has 23 heavy (non-hydrogen) atoms. The summed E-state index contributed by atoms with van der Waals surface area (Å²) in [5.74, 6) is -2.47. The Hall–Kier alpha value is 4.07. The first-order valence-corrected chi connectivity index (χ1v) is 21.2. The van der Waals surface area contributed by atoms with Crippen LogP contribution in [0, 0.1) is 0 Å². The summed E-state index contributed by atoms with van der Waals surface area (Å²) in [5.41, 5.74) is 0. The molecule has 19 heteroatoms. The maximum atomic E-state index is 11.2. The summed E-state index contributed by atoms with van der Waals surface area (Å²) >= 11 is 68.5. The molecule has 0 aromatic heterocycles. The molecule has 0 aromatic rings. The van der Waals surface area contributed by atoms with E-state index in [0.29, 0.717) is 0 Å². The Bertz CT molecular complexity index is 513. The van der Waals surface area contributed by atoms with Crippen molar-refractivity contribution in [2.45, 2.75) is 0 Å². The molecule has 0 N–H and O–H groups in total. The van der Waals surface area contributed by atoms with E-state index in [9.17, 15) is 4.57 Å². The topological polar surface area (TPSA) is 32.7 Å². The van der Waals surface area contributed by atoms with Crippen LogP contribution in [0.4, 0.5) is 0 Å². The molecule has 0 aliphatic heterocycles. The van der Waals surface area contributed by atoms with Crippen molar-refractivity contribution in [1.29, 1.82) is 0 Å². The molecule has 0 aliphatic carbocycles. The van der Waals surface area contributed by atoms with Crippen LogP contribution >= 0.6 is 160 Å². The monoisotopic (exact) mass is 644 g/mol. The fourth-order valence-electron chi connectivity index (χ4n) is 0.406. The van der Waals surface area contributed by atoms with E-state index >= 15 is 0 Å². The second-order valence-electron chi connectivity index (χ2n) is 3.23. The Morgan fingerprint density at radius 1 is 1.04 bits per heavy atom. The standard InChI is InChI=1S/C4H4Cl7N2OP2.Cl6P/c1-13(16(10,11)14)4(6)12-3(5)2-15(7,8)9;1-7(2,3,4,5)6/h2H,1H3;/q+1;-1/b3-2-,12-4+;. The van der Waals surface area contributed by atoms with Gasteiger partial charge < -0.3 is 0 Å². The van der Waals surface area contributed by atoms with Crippen molar-refractivity contribution in [1.82, 2.24) is 4.67 Å². The number of halogens is 13. The van der Waals surface area contributed by atoms with Gasteiger partial charge in [0.1, 0.15) is 39.5 Å². The number of rotatable bonds is 3. The number of hydrogen-bond acceptors (Lipinski definition) is 2. The van der Waals surface area contributed by atoms with Gasteiger partial charge in [0, 0.05) is 7.05 Å². The van der Waals surface area contributed by atoms with Gasteiger partial charge in [-0.15, -0.1) is 0 Å². The van der Waals surface area contributed by atoms with Crippen molar-refractivity contribution in [3.05, 3.63) is 11.0 Å². The van der Waals surface area contributed by atoms with E-state index < -0.39 is 13.4 Å². The minimum atomic E-state index is -4.82. The summed E-state index contributed by atoms with van der Waals surface area (Å²) in [6, 6.07) is 0. The summed E-state index contributed by atoms with van der Waals surface area (Å²) in [4.78, 5) is 3.60. The van der Waals surface area contributed by atoms with Crippen LogP contribution in [0.1, 0.15) is 0 Å². The maximum absolute atomic E-state index is 11.2. The van der Waals surface area contributed by atoms with Crippen LogP contribution in [-0.2, 0) is 4.57 Å². The third-order valence-corrected chi connectivity index (χ3v) is 5.53. The van der Waals surface area contributed by atoms with Crippen LogP contribution in [0.2, 0.25) is 0 Å². The molecule has 0 heterocycles. The quantitative estimate of drug-likeness (QED) is 0.132. The summed E-state index contributed by atoms with van der Waals surface area (Å²) < 4.78 is 7.21. The molecule has 0 radical (unpaired) electrons. The summed E-state index contributed by atoms with van der Waals surface area (Å²) in [7, 11) is 1.28. The van der Waals surface area contributed by atoms with Gasteiger partial charge in [-0.2, -0.15) is 0 Å². The van der Waals surface area contributed by atoms with Gasteiger partial charge >= 0.3 is 80.8 Å². The van der Waals surface area contributed by atoms with E-state index in [2.05, 4.69) is 4.99 Å². The van der Waals surface area contributed by atoms with Crippen LogP contribution < -0.4 is 0 Å². The molecule has 0 rings (SSSR count). The van der Waals surface area contributed by atoms with E-state index in [1.54, 1.807) is 0 Å². The van der Waals surface area contributed by atoms with Gasteiger partial charge in [0.25, 0.3) is 0 Å². The molecule has 3 nitrogen and oxygen atoms in total. The molecular weight excluding hydrogens is 646 g/mol. The number of nitrogens with zero attached hydrogens (tertiary/aromatic N) is 2. The van der Waals surface area contributed by atoms with E-state index in [1.165, 1.54) is 7.05 Å². The minimum absolute atomic E-state index is 0.160. The second-order valence-corrected chi connectivity index (χ2v) is 41.2. The Morgan fingerprint density at radius 3 is 1.57 bits per heavy atom. The first-order chi connectivity index (χ1) is 9.38. The summed E-state index contributed by atoms with van der Waals surface area (Å²) in [6.45, 7) is 0. The Labute approximate surface area is 195 Å². The fraction of sp³-hybridized carbons (Fsp3) is 0.250. The van der Waals surface area contributed by atoms with E-state index in [1.807, 2.05) is 0 Å². The molecule has 0 unspecified atom stereocenters. The van der Waals surface area contributed by atoms with Crippen molar-refractivity contribution in [2.24, 2.45) is 4.99 Å². The zero-order chi connectivity index (χ0) is 19.6. The second kappa shape index (κ2) is 9.26. The molecule has 0 amide bonds. The molecule has 0 aliphatic rings. The molecule has 0 saturated heterocycles. The number of amidine groups is 1. The fourth-order valence-corrected chi connectivity index (χ4v) is 3.86. The van der Waals surface area contributed by atoms with Gasteiger partial charge in [0.15, 0.2) is 5.16 Å². The molecule has 0 spiro atoms. The van der Waals surface area contributed by atoms with Crippen molar-refractivity contribution in [3.63, 3.8) is 0 Å². The van der Waals surface area contributed by atoms with E-state index in [0.717, 1.165) is 10.5 Å². The van der Waals surface area contributed by atoms with Crippen molar-refractivity contribution < 1.29 is 4.57 Å². The van der Waals surface area contributed by atoms with E-state index in [-0.39, 0.29) is 10.5 Å². The third-order valence-electron chi connectivity index (χ3n) is 1.07. The predicted octanol–water partition coefficient (Wildman–Crippen LogP) is 11.6. The Morgan fingerprint density at radius 2 is 1.35 bits per heavy atom. The van der Waals surface area contributed by atoms with Crippen molar-refractivity contribution in [3.8, 4) is 0 Å². The molecule has 142 valence electrons. The van der Waals surface area contributed by atoms with Crippen LogP contribution in [0.25, 0.3) is 0 Å². The SMILES string of the molecule is CN(/C(Cl)=N/C(Cl)=C\[P+](Cl)(Cl)Cl)P(=O)(Cl)Cl.Cl[P-](Cl)(Cl)(Cl)(Cl)Cl. The zero-order valence-corrected chi connectivity index (χ0v) is 22.6. The Balaban J connectivity index is 0. The van der Waals surface area contributed by atoms with Gasteiger partial charge in [-0.05, 0) is 34.1 Å². The van der Waals surface area contributed by atoms with E-state index in [4.69, 9.17) is 147 Å². The molecule has 0 fully saturated rings.